The summed E-state index contributed by atoms with van der Waals surface area (Å²) in [7, 11) is 0. The van der Waals surface area contributed by atoms with E-state index < -0.39 is 4.92 Å². The largest absolute Gasteiger partial charge is 0.396 e. The van der Waals surface area contributed by atoms with E-state index in [4.69, 9.17) is 5.26 Å². The molecule has 0 radical (unpaired) electrons. The molecule has 1 atom stereocenters. The number of hydrogen-bond donors (Lipinski definition) is 2. The summed E-state index contributed by atoms with van der Waals surface area (Å²) in [5.74, 6) is -0.202. The SMILES string of the molecule is N#Cc1ccnc(NCC(CO)c2ccccc2)c1[N+](=O)[O-]. The van der Waals surface area contributed by atoms with Crippen molar-refractivity contribution in [3.8, 4) is 6.07 Å². The molecule has 2 rings (SSSR count). The molecule has 1 heterocycles. The number of pyridine rings is 1. The summed E-state index contributed by atoms with van der Waals surface area (Å²) in [6.45, 7) is 0.159. The van der Waals surface area contributed by atoms with Gasteiger partial charge in [-0.3, -0.25) is 10.1 Å². The summed E-state index contributed by atoms with van der Waals surface area (Å²) in [6, 6.07) is 12.4. The molecule has 0 aliphatic heterocycles. The Bertz CT molecular complexity index is 698. The van der Waals surface area contributed by atoms with Crippen LogP contribution in [0.25, 0.3) is 0 Å². The maximum Gasteiger partial charge on any atom is 0.328 e. The lowest BCUT2D eigenvalue weighted by Crippen LogP contribution is -2.17. The summed E-state index contributed by atoms with van der Waals surface area (Å²) in [5.41, 5.74) is 0.508. The lowest BCUT2D eigenvalue weighted by Gasteiger charge is -2.15. The zero-order chi connectivity index (χ0) is 15.9. The molecule has 0 amide bonds. The average Bonchev–Trinajstić information content (AvgIpc) is 2.55. The summed E-state index contributed by atoms with van der Waals surface area (Å²) < 4.78 is 0. The first-order chi connectivity index (χ1) is 10.7. The Kier molecular flexibility index (Phi) is 5.01. The van der Waals surface area contributed by atoms with Crippen LogP contribution < -0.4 is 5.32 Å². The van der Waals surface area contributed by atoms with Gasteiger partial charge in [-0.1, -0.05) is 30.3 Å². The van der Waals surface area contributed by atoms with E-state index in [2.05, 4.69) is 10.3 Å². The maximum atomic E-state index is 11.1. The van der Waals surface area contributed by atoms with Gasteiger partial charge in [-0.25, -0.2) is 4.98 Å². The second-order valence-corrected chi connectivity index (χ2v) is 4.60. The molecule has 112 valence electrons. The average molecular weight is 298 g/mol. The summed E-state index contributed by atoms with van der Waals surface area (Å²) in [5, 5.41) is 32.4. The zero-order valence-corrected chi connectivity index (χ0v) is 11.6. The third kappa shape index (κ3) is 3.37. The predicted molar refractivity (Wildman–Crippen MR) is 80.4 cm³/mol. The molecule has 7 nitrogen and oxygen atoms in total. The molecule has 0 saturated carbocycles. The lowest BCUT2D eigenvalue weighted by atomic mass is 10.00. The van der Waals surface area contributed by atoms with Crippen molar-refractivity contribution in [2.75, 3.05) is 18.5 Å². The molecule has 0 fully saturated rings. The van der Waals surface area contributed by atoms with E-state index in [1.165, 1.54) is 12.3 Å². The van der Waals surface area contributed by atoms with E-state index in [1.54, 1.807) is 6.07 Å². The van der Waals surface area contributed by atoms with E-state index in [0.29, 0.717) is 0 Å². The van der Waals surface area contributed by atoms with E-state index in [1.807, 2.05) is 30.3 Å². The van der Waals surface area contributed by atoms with Gasteiger partial charge in [0.1, 0.15) is 11.6 Å². The molecule has 1 aromatic carbocycles. The van der Waals surface area contributed by atoms with Gasteiger partial charge in [0.25, 0.3) is 0 Å². The standard InChI is InChI=1S/C15H14N4O3/c16-8-12-6-7-17-15(14(12)19(21)22)18-9-13(10-20)11-4-2-1-3-5-11/h1-7,13,20H,9-10H2,(H,17,18). The van der Waals surface area contributed by atoms with Crippen LogP contribution in [0.15, 0.2) is 42.6 Å². The van der Waals surface area contributed by atoms with Crippen molar-refractivity contribution < 1.29 is 10.0 Å². The number of aliphatic hydroxyl groups is 1. The molecule has 1 aromatic heterocycles. The van der Waals surface area contributed by atoms with Gasteiger partial charge in [0, 0.05) is 18.7 Å². The molecule has 0 bridgehead atoms. The highest BCUT2D eigenvalue weighted by molar-refractivity contribution is 5.64. The number of nitriles is 1. The number of aromatic nitrogens is 1. The van der Waals surface area contributed by atoms with Crippen LogP contribution in [-0.4, -0.2) is 28.2 Å². The van der Waals surface area contributed by atoms with Gasteiger partial charge >= 0.3 is 5.69 Å². The number of rotatable bonds is 6. The van der Waals surface area contributed by atoms with Crippen molar-refractivity contribution in [1.82, 2.24) is 4.98 Å². The summed E-state index contributed by atoms with van der Waals surface area (Å²) in [4.78, 5) is 14.4. The third-order valence-corrected chi connectivity index (χ3v) is 3.23. The zero-order valence-electron chi connectivity index (χ0n) is 11.6. The smallest absolute Gasteiger partial charge is 0.328 e. The van der Waals surface area contributed by atoms with Crippen molar-refractivity contribution >= 4 is 11.5 Å². The van der Waals surface area contributed by atoms with Crippen LogP contribution in [-0.2, 0) is 0 Å². The Morgan fingerprint density at radius 1 is 1.36 bits per heavy atom. The Hall–Kier alpha value is -2.98. The first kappa shape index (κ1) is 15.4. The number of nitro groups is 1. The Morgan fingerprint density at radius 3 is 2.68 bits per heavy atom. The predicted octanol–water partition coefficient (Wildman–Crippen LogP) is 2.05. The van der Waals surface area contributed by atoms with Crippen molar-refractivity contribution in [1.29, 1.82) is 5.26 Å². The van der Waals surface area contributed by atoms with Gasteiger partial charge in [-0.05, 0) is 11.6 Å². The van der Waals surface area contributed by atoms with E-state index in [0.717, 1.165) is 5.56 Å². The fourth-order valence-corrected chi connectivity index (χ4v) is 2.09. The van der Waals surface area contributed by atoms with Crippen molar-refractivity contribution in [2.45, 2.75) is 5.92 Å². The molecule has 0 spiro atoms. The second-order valence-electron chi connectivity index (χ2n) is 4.60. The Balaban J connectivity index is 2.21. The van der Waals surface area contributed by atoms with Crippen LogP contribution in [0, 0.1) is 21.4 Å². The van der Waals surface area contributed by atoms with Crippen molar-refractivity contribution in [3.63, 3.8) is 0 Å². The van der Waals surface area contributed by atoms with E-state index >= 15 is 0 Å². The van der Waals surface area contributed by atoms with Gasteiger partial charge in [0.15, 0.2) is 0 Å². The number of nitrogens with one attached hydrogen (secondary N) is 1. The lowest BCUT2D eigenvalue weighted by molar-refractivity contribution is -0.384. The summed E-state index contributed by atoms with van der Waals surface area (Å²) >= 11 is 0. The Labute approximate surface area is 127 Å². The minimum atomic E-state index is -0.635. The van der Waals surface area contributed by atoms with Gasteiger partial charge in [0.05, 0.1) is 11.5 Å². The molecule has 0 aliphatic rings. The highest BCUT2D eigenvalue weighted by Gasteiger charge is 2.22. The van der Waals surface area contributed by atoms with Crippen LogP contribution in [0.1, 0.15) is 17.0 Å². The molecular weight excluding hydrogens is 284 g/mol. The molecular formula is C15H14N4O3. The molecule has 1 unspecified atom stereocenters. The topological polar surface area (TPSA) is 112 Å². The van der Waals surface area contributed by atoms with Crippen LogP contribution in [0.5, 0.6) is 0 Å². The second kappa shape index (κ2) is 7.15. The van der Waals surface area contributed by atoms with Gasteiger partial charge < -0.3 is 10.4 Å². The fourth-order valence-electron chi connectivity index (χ4n) is 2.09. The van der Waals surface area contributed by atoms with E-state index in [-0.39, 0.29) is 36.1 Å². The highest BCUT2D eigenvalue weighted by atomic mass is 16.6. The molecule has 2 aromatic rings. The monoisotopic (exact) mass is 298 g/mol. The van der Waals surface area contributed by atoms with Crippen LogP contribution >= 0.6 is 0 Å². The molecule has 2 N–H and O–H groups in total. The summed E-state index contributed by atoms with van der Waals surface area (Å²) in [6.07, 6.45) is 1.34. The molecule has 0 aliphatic carbocycles. The normalized spacial score (nSPS) is 11.5. The minimum absolute atomic E-state index is 0.0263. The number of anilines is 1. The molecule has 22 heavy (non-hydrogen) atoms. The van der Waals surface area contributed by atoms with Crippen molar-refractivity contribution in [2.24, 2.45) is 0 Å². The first-order valence-corrected chi connectivity index (χ1v) is 6.60. The fraction of sp³-hybridized carbons (Fsp3) is 0.200. The van der Waals surface area contributed by atoms with Gasteiger partial charge in [0.2, 0.25) is 5.82 Å². The van der Waals surface area contributed by atoms with Crippen LogP contribution in [0.2, 0.25) is 0 Å². The van der Waals surface area contributed by atoms with Crippen LogP contribution in [0.3, 0.4) is 0 Å². The number of aliphatic hydroxyl groups excluding tert-OH is 1. The maximum absolute atomic E-state index is 11.1. The van der Waals surface area contributed by atoms with Gasteiger partial charge in [-0.2, -0.15) is 5.26 Å². The minimum Gasteiger partial charge on any atom is -0.396 e. The quantitative estimate of drug-likeness (QED) is 0.623. The highest BCUT2D eigenvalue weighted by Crippen LogP contribution is 2.26. The van der Waals surface area contributed by atoms with Crippen molar-refractivity contribution in [3.05, 3.63) is 63.8 Å². The first-order valence-electron chi connectivity index (χ1n) is 6.60. The third-order valence-electron chi connectivity index (χ3n) is 3.23. The number of hydrogen-bond acceptors (Lipinski definition) is 6. The van der Waals surface area contributed by atoms with E-state index in [9.17, 15) is 15.2 Å². The number of nitrogens with zero attached hydrogens (tertiary/aromatic N) is 3. The molecule has 0 saturated heterocycles. The molecule has 7 heteroatoms. The Morgan fingerprint density at radius 2 is 2.09 bits per heavy atom. The van der Waals surface area contributed by atoms with Crippen LogP contribution in [0.4, 0.5) is 11.5 Å². The van der Waals surface area contributed by atoms with Gasteiger partial charge in [-0.15, -0.1) is 0 Å². The number of benzene rings is 1.